The van der Waals surface area contributed by atoms with Gasteiger partial charge in [0.1, 0.15) is 5.75 Å². The molecular formula is C31H32BrN5O3S. The van der Waals surface area contributed by atoms with Gasteiger partial charge in [-0.2, -0.15) is 0 Å². The fraction of sp³-hybridized carbons (Fsp3) is 0.290. The molecule has 3 aromatic carbocycles. The average Bonchev–Trinajstić information content (AvgIpc) is 3.42. The van der Waals surface area contributed by atoms with E-state index in [1.54, 1.807) is 18.9 Å². The molecule has 0 radical (unpaired) electrons. The van der Waals surface area contributed by atoms with Gasteiger partial charge in [-0.15, -0.1) is 10.2 Å². The number of thioether (sulfide) groups is 1. The predicted molar refractivity (Wildman–Crippen MR) is 165 cm³/mol. The number of hydrogen-bond donors (Lipinski definition) is 0. The lowest BCUT2D eigenvalue weighted by atomic mass is 10.1. The molecule has 0 aliphatic carbocycles. The monoisotopic (exact) mass is 633 g/mol. The summed E-state index contributed by atoms with van der Waals surface area (Å²) < 4.78 is 8.53. The second-order valence-corrected chi connectivity index (χ2v) is 11.8. The molecule has 212 valence electrons. The molecule has 1 atom stereocenters. The van der Waals surface area contributed by atoms with Crippen LogP contribution in [0.2, 0.25) is 0 Å². The van der Waals surface area contributed by atoms with Gasteiger partial charge in [-0.1, -0.05) is 76.2 Å². The van der Waals surface area contributed by atoms with Gasteiger partial charge in [-0.05, 0) is 43.7 Å². The van der Waals surface area contributed by atoms with E-state index in [0.717, 1.165) is 32.5 Å². The third-order valence-electron chi connectivity index (χ3n) is 7.07. The number of carbonyl (C=O) groups is 2. The maximum Gasteiger partial charge on any atom is 0.254 e. The minimum Gasteiger partial charge on any atom is -0.495 e. The summed E-state index contributed by atoms with van der Waals surface area (Å²) in [6.45, 7) is 3.60. The number of rotatable bonds is 9. The van der Waals surface area contributed by atoms with E-state index in [1.165, 1.54) is 0 Å². The topological polar surface area (TPSA) is 80.6 Å². The summed E-state index contributed by atoms with van der Waals surface area (Å²) in [7, 11) is 1.65. The summed E-state index contributed by atoms with van der Waals surface area (Å²) in [5.41, 5.74) is 2.47. The molecule has 0 saturated carbocycles. The van der Waals surface area contributed by atoms with E-state index in [2.05, 4.69) is 26.1 Å². The third-order valence-corrected chi connectivity index (χ3v) is 8.58. The SMILES string of the molecule is COc1ccccc1-n1c(SCCCC(=O)N2CCN(C(=O)c3cccc(Br)c3)C(C)C2)nnc1-c1ccccc1. The minimum absolute atomic E-state index is 0.00340. The van der Waals surface area contributed by atoms with Crippen molar-refractivity contribution >= 4 is 39.5 Å². The van der Waals surface area contributed by atoms with Crippen LogP contribution >= 0.6 is 27.7 Å². The van der Waals surface area contributed by atoms with Crippen LogP contribution in [0.15, 0.2) is 88.5 Å². The number of methoxy groups -OCH3 is 1. The molecule has 1 saturated heterocycles. The molecule has 8 nitrogen and oxygen atoms in total. The Morgan fingerprint density at radius 3 is 2.54 bits per heavy atom. The predicted octanol–water partition coefficient (Wildman–Crippen LogP) is 5.95. The van der Waals surface area contributed by atoms with E-state index < -0.39 is 0 Å². The molecule has 0 N–H and O–H groups in total. The van der Waals surface area contributed by atoms with Crippen molar-refractivity contribution in [3.63, 3.8) is 0 Å². The fourth-order valence-corrected chi connectivity index (χ4v) is 6.27. The van der Waals surface area contributed by atoms with Crippen LogP contribution in [0.1, 0.15) is 30.1 Å². The number of hydrogen-bond acceptors (Lipinski definition) is 6. The van der Waals surface area contributed by atoms with Crippen molar-refractivity contribution in [2.75, 3.05) is 32.5 Å². The summed E-state index contributed by atoms with van der Waals surface area (Å²) in [5, 5.41) is 9.75. The minimum atomic E-state index is -0.0515. The zero-order valence-corrected chi connectivity index (χ0v) is 25.5. The molecule has 4 aromatic rings. The summed E-state index contributed by atoms with van der Waals surface area (Å²) in [4.78, 5) is 29.8. The van der Waals surface area contributed by atoms with Gasteiger partial charge >= 0.3 is 0 Å². The molecule has 1 fully saturated rings. The van der Waals surface area contributed by atoms with Gasteiger partial charge in [0, 0.05) is 53.4 Å². The molecule has 1 aliphatic heterocycles. The lowest BCUT2D eigenvalue weighted by Gasteiger charge is -2.40. The number of ether oxygens (including phenoxy) is 1. The van der Waals surface area contributed by atoms with Gasteiger partial charge in [0.15, 0.2) is 11.0 Å². The summed E-state index contributed by atoms with van der Waals surface area (Å²) in [6, 6.07) is 25.1. The Labute approximate surface area is 252 Å². The van der Waals surface area contributed by atoms with Crippen LogP contribution in [0.3, 0.4) is 0 Å². The number of nitrogens with zero attached hydrogens (tertiary/aromatic N) is 5. The van der Waals surface area contributed by atoms with Crippen molar-refractivity contribution in [2.45, 2.75) is 31.0 Å². The lowest BCUT2D eigenvalue weighted by molar-refractivity contribution is -0.133. The van der Waals surface area contributed by atoms with Crippen molar-refractivity contribution in [1.29, 1.82) is 0 Å². The van der Waals surface area contributed by atoms with E-state index in [0.29, 0.717) is 43.8 Å². The highest BCUT2D eigenvalue weighted by Crippen LogP contribution is 2.32. The Morgan fingerprint density at radius 1 is 1.00 bits per heavy atom. The normalized spacial score (nSPS) is 15.1. The van der Waals surface area contributed by atoms with E-state index in [4.69, 9.17) is 4.74 Å². The number of carbonyl (C=O) groups excluding carboxylic acids is 2. The maximum atomic E-state index is 13.1. The summed E-state index contributed by atoms with van der Waals surface area (Å²) in [5.74, 6) is 2.29. The first-order chi connectivity index (χ1) is 20.0. The number of benzene rings is 3. The first kappa shape index (κ1) is 28.9. The number of halogens is 1. The Kier molecular flexibility index (Phi) is 9.41. The van der Waals surface area contributed by atoms with Gasteiger partial charge in [-0.3, -0.25) is 14.2 Å². The van der Waals surface area contributed by atoms with E-state index in [-0.39, 0.29) is 17.9 Å². The van der Waals surface area contributed by atoms with Crippen molar-refractivity contribution in [1.82, 2.24) is 24.6 Å². The zero-order chi connectivity index (χ0) is 28.8. The lowest BCUT2D eigenvalue weighted by Crippen LogP contribution is -2.55. The van der Waals surface area contributed by atoms with Gasteiger partial charge in [0.05, 0.1) is 12.8 Å². The molecule has 0 spiro atoms. The Bertz CT molecular complexity index is 1510. The molecule has 2 heterocycles. The molecule has 1 aliphatic rings. The zero-order valence-electron chi connectivity index (χ0n) is 23.1. The Balaban J connectivity index is 1.20. The Hall–Kier alpha value is -3.63. The van der Waals surface area contributed by atoms with Gasteiger partial charge in [-0.25, -0.2) is 0 Å². The summed E-state index contributed by atoms with van der Waals surface area (Å²) >= 11 is 5.01. The molecule has 1 unspecified atom stereocenters. The van der Waals surface area contributed by atoms with Crippen molar-refractivity contribution < 1.29 is 14.3 Å². The smallest absolute Gasteiger partial charge is 0.254 e. The van der Waals surface area contributed by atoms with Gasteiger partial charge in [0.25, 0.3) is 5.91 Å². The average molecular weight is 635 g/mol. The second-order valence-electron chi connectivity index (χ2n) is 9.83. The fourth-order valence-electron chi connectivity index (χ4n) is 4.99. The van der Waals surface area contributed by atoms with Crippen LogP contribution in [0, 0.1) is 0 Å². The van der Waals surface area contributed by atoms with Crippen molar-refractivity contribution in [2.24, 2.45) is 0 Å². The van der Waals surface area contributed by atoms with E-state index >= 15 is 0 Å². The van der Waals surface area contributed by atoms with E-state index in [9.17, 15) is 9.59 Å². The molecule has 10 heteroatoms. The summed E-state index contributed by atoms with van der Waals surface area (Å²) in [6.07, 6.45) is 1.14. The third kappa shape index (κ3) is 6.65. The number of para-hydroxylation sites is 2. The quantitative estimate of drug-likeness (QED) is 0.167. The highest BCUT2D eigenvalue weighted by atomic mass is 79.9. The second kappa shape index (κ2) is 13.4. The van der Waals surface area contributed by atoms with Crippen LogP contribution in [0.4, 0.5) is 0 Å². The van der Waals surface area contributed by atoms with Crippen molar-refractivity contribution in [3.05, 3.63) is 88.9 Å². The van der Waals surface area contributed by atoms with Crippen LogP contribution in [-0.4, -0.2) is 74.9 Å². The molecule has 2 amide bonds. The van der Waals surface area contributed by atoms with Crippen LogP contribution < -0.4 is 4.74 Å². The molecular weight excluding hydrogens is 602 g/mol. The Morgan fingerprint density at radius 2 is 1.78 bits per heavy atom. The maximum absolute atomic E-state index is 13.1. The number of aromatic nitrogens is 3. The number of amides is 2. The molecule has 0 bridgehead atoms. The first-order valence-electron chi connectivity index (χ1n) is 13.6. The highest BCUT2D eigenvalue weighted by Gasteiger charge is 2.30. The molecule has 5 rings (SSSR count). The van der Waals surface area contributed by atoms with Crippen molar-refractivity contribution in [3.8, 4) is 22.8 Å². The van der Waals surface area contributed by atoms with Crippen LogP contribution in [-0.2, 0) is 4.79 Å². The molecule has 1 aromatic heterocycles. The molecule has 41 heavy (non-hydrogen) atoms. The van der Waals surface area contributed by atoms with Crippen LogP contribution in [0.5, 0.6) is 5.75 Å². The van der Waals surface area contributed by atoms with Crippen LogP contribution in [0.25, 0.3) is 17.1 Å². The van der Waals surface area contributed by atoms with E-state index in [1.807, 2.05) is 100 Å². The first-order valence-corrected chi connectivity index (χ1v) is 15.4. The number of piperazine rings is 1. The van der Waals surface area contributed by atoms with Gasteiger partial charge in [0.2, 0.25) is 5.91 Å². The standard InChI is InChI=1S/C31H32BrN5O3S/c1-22-21-35(17-18-36(22)30(39)24-12-8-13-25(32)20-24)28(38)16-9-19-41-31-34-33-29(23-10-4-3-5-11-23)37(31)26-14-6-7-15-27(26)40-2/h3-8,10-15,20,22H,9,16-19,21H2,1-2H3. The largest absolute Gasteiger partial charge is 0.495 e. The highest BCUT2D eigenvalue weighted by molar-refractivity contribution is 9.10. The van der Waals surface area contributed by atoms with Gasteiger partial charge < -0.3 is 14.5 Å².